The number of aromatic nitrogens is 1. The number of sulfonamides is 1. The molecule has 0 saturated heterocycles. The lowest BCUT2D eigenvalue weighted by atomic mass is 9.87. The highest BCUT2D eigenvalue weighted by molar-refractivity contribution is 7.89. The number of hydrogen-bond donors (Lipinski definition) is 1. The number of ether oxygens (including phenoxy) is 1. The molecule has 0 saturated carbocycles. The van der Waals surface area contributed by atoms with Gasteiger partial charge < -0.3 is 4.74 Å². The molecule has 3 aromatic rings. The van der Waals surface area contributed by atoms with Crippen LogP contribution in [0.15, 0.2) is 65.7 Å². The molecule has 150 valence electrons. The van der Waals surface area contributed by atoms with Crippen molar-refractivity contribution in [2.75, 3.05) is 13.2 Å². The molecular formula is C23H24N2O3S. The van der Waals surface area contributed by atoms with Gasteiger partial charge in [0.05, 0.1) is 17.0 Å². The maximum atomic E-state index is 12.4. The van der Waals surface area contributed by atoms with Gasteiger partial charge in [-0.2, -0.15) is 4.72 Å². The lowest BCUT2D eigenvalue weighted by Crippen LogP contribution is -2.24. The molecule has 0 amide bonds. The van der Waals surface area contributed by atoms with Gasteiger partial charge in [0.25, 0.3) is 0 Å². The average molecular weight is 409 g/mol. The molecule has 0 bridgehead atoms. The number of nitrogens with one attached hydrogen (secondary N) is 1. The Morgan fingerprint density at radius 3 is 2.52 bits per heavy atom. The van der Waals surface area contributed by atoms with Crippen molar-refractivity contribution >= 4 is 20.9 Å². The van der Waals surface area contributed by atoms with E-state index in [1.54, 1.807) is 18.3 Å². The van der Waals surface area contributed by atoms with Crippen molar-refractivity contribution in [3.05, 3.63) is 66.4 Å². The molecule has 1 aromatic heterocycles. The number of nitrogens with zero attached hydrogens (tertiary/aromatic N) is 1. The monoisotopic (exact) mass is 408 g/mol. The second-order valence-corrected chi connectivity index (χ2v) is 9.37. The number of benzene rings is 2. The quantitative estimate of drug-likeness (QED) is 0.651. The number of fused-ring (bicyclic) bond motifs is 1. The summed E-state index contributed by atoms with van der Waals surface area (Å²) in [6, 6.07) is 16.4. The van der Waals surface area contributed by atoms with Gasteiger partial charge in [-0.1, -0.05) is 50.8 Å². The van der Waals surface area contributed by atoms with E-state index in [1.165, 1.54) is 0 Å². The van der Waals surface area contributed by atoms with Crippen molar-refractivity contribution in [3.8, 4) is 17.6 Å². The minimum absolute atomic E-state index is 0.0198. The van der Waals surface area contributed by atoms with Gasteiger partial charge in [-0.05, 0) is 41.3 Å². The second-order valence-electron chi connectivity index (χ2n) is 7.60. The van der Waals surface area contributed by atoms with E-state index in [2.05, 4.69) is 42.3 Å². The summed E-state index contributed by atoms with van der Waals surface area (Å²) in [5.74, 6) is 6.26. The van der Waals surface area contributed by atoms with Gasteiger partial charge in [-0.25, -0.2) is 8.42 Å². The van der Waals surface area contributed by atoms with E-state index in [1.807, 2.05) is 42.5 Å². The average Bonchev–Trinajstić information content (AvgIpc) is 2.70. The Balaban J connectivity index is 1.52. The van der Waals surface area contributed by atoms with Crippen LogP contribution in [-0.4, -0.2) is 26.6 Å². The minimum atomic E-state index is -3.59. The number of pyridine rings is 1. The van der Waals surface area contributed by atoms with E-state index in [-0.39, 0.29) is 23.5 Å². The Kier molecular flexibility index (Phi) is 6.21. The van der Waals surface area contributed by atoms with Crippen LogP contribution in [0.25, 0.3) is 10.9 Å². The highest BCUT2D eigenvalue weighted by Gasteiger charge is 2.16. The van der Waals surface area contributed by atoms with Gasteiger partial charge in [0.15, 0.2) is 0 Å². The van der Waals surface area contributed by atoms with Crippen LogP contribution in [-0.2, 0) is 15.4 Å². The first-order valence-electron chi connectivity index (χ1n) is 9.29. The first-order chi connectivity index (χ1) is 13.8. The van der Waals surface area contributed by atoms with Crippen LogP contribution < -0.4 is 9.46 Å². The summed E-state index contributed by atoms with van der Waals surface area (Å²) in [6.07, 6.45) is 1.73. The summed E-state index contributed by atoms with van der Waals surface area (Å²) in [5.41, 5.74) is 1.91. The summed E-state index contributed by atoms with van der Waals surface area (Å²) < 4.78 is 32.8. The molecule has 0 aliphatic carbocycles. The van der Waals surface area contributed by atoms with Crippen LogP contribution in [0.3, 0.4) is 0 Å². The van der Waals surface area contributed by atoms with Gasteiger partial charge in [-0.15, -0.1) is 0 Å². The Morgan fingerprint density at radius 1 is 1.03 bits per heavy atom. The molecule has 0 atom stereocenters. The highest BCUT2D eigenvalue weighted by atomic mass is 32.2. The molecule has 0 aliphatic rings. The molecule has 29 heavy (non-hydrogen) atoms. The van der Waals surface area contributed by atoms with E-state index < -0.39 is 10.0 Å². The van der Waals surface area contributed by atoms with Crippen LogP contribution in [0.2, 0.25) is 0 Å². The predicted molar refractivity (Wildman–Crippen MR) is 115 cm³/mol. The molecule has 6 heteroatoms. The van der Waals surface area contributed by atoms with E-state index >= 15 is 0 Å². The van der Waals surface area contributed by atoms with Crippen LogP contribution >= 0.6 is 0 Å². The molecule has 0 aliphatic heterocycles. The summed E-state index contributed by atoms with van der Waals surface area (Å²) in [4.78, 5) is 4.51. The molecule has 0 spiro atoms. The van der Waals surface area contributed by atoms with Crippen LogP contribution in [0.5, 0.6) is 5.75 Å². The lowest BCUT2D eigenvalue weighted by molar-refractivity contribution is 0.370. The molecule has 0 fully saturated rings. The molecular weight excluding hydrogens is 384 g/mol. The van der Waals surface area contributed by atoms with E-state index in [4.69, 9.17) is 4.74 Å². The fourth-order valence-corrected chi connectivity index (χ4v) is 3.64. The van der Waals surface area contributed by atoms with E-state index in [0.29, 0.717) is 5.75 Å². The van der Waals surface area contributed by atoms with E-state index in [9.17, 15) is 8.42 Å². The first kappa shape index (κ1) is 20.8. The van der Waals surface area contributed by atoms with Crippen LogP contribution in [0.4, 0.5) is 0 Å². The Hall–Kier alpha value is -2.88. The van der Waals surface area contributed by atoms with Crippen LogP contribution in [0.1, 0.15) is 26.3 Å². The molecule has 1 heterocycles. The lowest BCUT2D eigenvalue weighted by Gasteiger charge is -2.19. The molecule has 0 unspecified atom stereocenters. The van der Waals surface area contributed by atoms with Crippen molar-refractivity contribution in [1.82, 2.24) is 9.71 Å². The fraction of sp³-hybridized carbons (Fsp3) is 0.261. The second kappa shape index (κ2) is 8.64. The molecule has 5 nitrogen and oxygen atoms in total. The van der Waals surface area contributed by atoms with Gasteiger partial charge in [0.1, 0.15) is 12.4 Å². The largest absolute Gasteiger partial charge is 0.481 e. The Morgan fingerprint density at radius 2 is 1.79 bits per heavy atom. The van der Waals surface area contributed by atoms with Crippen molar-refractivity contribution in [2.45, 2.75) is 31.1 Å². The van der Waals surface area contributed by atoms with E-state index in [0.717, 1.165) is 16.5 Å². The normalized spacial score (nSPS) is 11.7. The zero-order valence-corrected chi connectivity index (χ0v) is 17.6. The summed E-state index contributed by atoms with van der Waals surface area (Å²) in [5, 5.41) is 1.04. The maximum absolute atomic E-state index is 12.4. The van der Waals surface area contributed by atoms with Gasteiger partial charge in [0, 0.05) is 17.6 Å². The first-order valence-corrected chi connectivity index (χ1v) is 10.8. The summed E-state index contributed by atoms with van der Waals surface area (Å²) in [7, 11) is -3.59. The highest BCUT2D eigenvalue weighted by Crippen LogP contribution is 2.23. The zero-order chi connectivity index (χ0) is 20.9. The number of rotatable bonds is 5. The minimum Gasteiger partial charge on any atom is -0.481 e. The smallest absolute Gasteiger partial charge is 0.241 e. The third-order valence-corrected chi connectivity index (χ3v) is 5.81. The Labute approximate surface area is 172 Å². The molecule has 2 aromatic carbocycles. The third kappa shape index (κ3) is 5.57. The zero-order valence-electron chi connectivity index (χ0n) is 16.8. The van der Waals surface area contributed by atoms with Gasteiger partial charge in [0.2, 0.25) is 10.0 Å². The molecule has 1 N–H and O–H groups in total. The van der Waals surface area contributed by atoms with Crippen LogP contribution in [0, 0.1) is 11.8 Å². The van der Waals surface area contributed by atoms with Crippen molar-refractivity contribution in [1.29, 1.82) is 0 Å². The fourth-order valence-electron chi connectivity index (χ4n) is 2.72. The molecule has 0 radical (unpaired) electrons. The number of hydrogen-bond acceptors (Lipinski definition) is 4. The summed E-state index contributed by atoms with van der Waals surface area (Å²) in [6.45, 7) is 6.44. The van der Waals surface area contributed by atoms with Crippen molar-refractivity contribution in [3.63, 3.8) is 0 Å². The van der Waals surface area contributed by atoms with Crippen molar-refractivity contribution in [2.24, 2.45) is 0 Å². The topological polar surface area (TPSA) is 68.3 Å². The van der Waals surface area contributed by atoms with Gasteiger partial charge in [-0.3, -0.25) is 4.98 Å². The third-order valence-electron chi connectivity index (χ3n) is 4.39. The predicted octanol–water partition coefficient (Wildman–Crippen LogP) is 3.89. The summed E-state index contributed by atoms with van der Waals surface area (Å²) >= 11 is 0. The molecule has 3 rings (SSSR count). The van der Waals surface area contributed by atoms with Crippen molar-refractivity contribution < 1.29 is 13.2 Å². The van der Waals surface area contributed by atoms with Gasteiger partial charge >= 0.3 is 0 Å². The maximum Gasteiger partial charge on any atom is 0.241 e. The Bertz CT molecular complexity index is 1150. The SMILES string of the molecule is CC(C)(C)c1ccc(S(=O)(=O)NCC#CCOc2ccc3cccnc3c2)cc1. The standard InChI is InChI=1S/C23H24N2O3S/c1-23(2,3)19-9-12-21(13-10-19)29(26,27)25-15-4-5-16-28-20-11-8-18-7-6-14-24-22(18)17-20/h6-14,17,25H,15-16H2,1-3H3.